The third kappa shape index (κ3) is 4.23. The van der Waals surface area contributed by atoms with Crippen LogP contribution in [0.3, 0.4) is 0 Å². The number of ether oxygens (including phenoxy) is 1. The summed E-state index contributed by atoms with van der Waals surface area (Å²) in [7, 11) is -2.03. The van der Waals surface area contributed by atoms with Gasteiger partial charge in [-0.1, -0.05) is 18.3 Å². The van der Waals surface area contributed by atoms with Gasteiger partial charge in [0.15, 0.2) is 0 Å². The SMILES string of the molecule is COCCN(C(C)C)S(=O)(=O)c1ccc(C(N)=S)cc1C. The van der Waals surface area contributed by atoms with Crippen LogP contribution >= 0.6 is 12.2 Å². The number of hydrogen-bond donors (Lipinski definition) is 1. The molecule has 0 amide bonds. The van der Waals surface area contributed by atoms with E-state index in [-0.39, 0.29) is 15.9 Å². The van der Waals surface area contributed by atoms with Gasteiger partial charge in [-0.05, 0) is 38.5 Å². The minimum Gasteiger partial charge on any atom is -0.389 e. The van der Waals surface area contributed by atoms with E-state index in [4.69, 9.17) is 22.7 Å². The summed E-state index contributed by atoms with van der Waals surface area (Å²) < 4.78 is 32.0. The third-order valence-electron chi connectivity index (χ3n) is 3.14. The molecule has 7 heteroatoms. The molecule has 1 aromatic carbocycles. The molecule has 118 valence electrons. The zero-order valence-electron chi connectivity index (χ0n) is 12.8. The molecule has 0 atom stereocenters. The van der Waals surface area contributed by atoms with Crippen LogP contribution in [0.4, 0.5) is 0 Å². The van der Waals surface area contributed by atoms with Crippen molar-refractivity contribution < 1.29 is 13.2 Å². The first kappa shape index (κ1) is 18.0. The molecule has 0 aliphatic heterocycles. The summed E-state index contributed by atoms with van der Waals surface area (Å²) in [4.78, 5) is 0.523. The lowest BCUT2D eigenvalue weighted by Gasteiger charge is -2.26. The second kappa shape index (κ2) is 7.31. The average molecular weight is 330 g/mol. The fourth-order valence-electron chi connectivity index (χ4n) is 2.06. The summed E-state index contributed by atoms with van der Waals surface area (Å²) in [5.41, 5.74) is 6.86. The Morgan fingerprint density at radius 2 is 2.05 bits per heavy atom. The highest BCUT2D eigenvalue weighted by molar-refractivity contribution is 7.89. The van der Waals surface area contributed by atoms with Crippen LogP contribution in [0.1, 0.15) is 25.0 Å². The van der Waals surface area contributed by atoms with E-state index in [1.807, 2.05) is 13.8 Å². The quantitative estimate of drug-likeness (QED) is 0.770. The van der Waals surface area contributed by atoms with Gasteiger partial charge < -0.3 is 10.5 Å². The van der Waals surface area contributed by atoms with Gasteiger partial charge in [-0.2, -0.15) is 4.31 Å². The van der Waals surface area contributed by atoms with Crippen molar-refractivity contribution in [2.24, 2.45) is 5.73 Å². The molecule has 0 spiro atoms. The van der Waals surface area contributed by atoms with Gasteiger partial charge in [0.05, 0.1) is 11.5 Å². The highest BCUT2D eigenvalue weighted by Gasteiger charge is 2.28. The smallest absolute Gasteiger partial charge is 0.243 e. The van der Waals surface area contributed by atoms with Gasteiger partial charge in [0, 0.05) is 25.3 Å². The van der Waals surface area contributed by atoms with Crippen LogP contribution in [0, 0.1) is 6.92 Å². The molecule has 1 rings (SSSR count). The number of sulfonamides is 1. The first-order valence-electron chi connectivity index (χ1n) is 6.63. The maximum atomic E-state index is 12.8. The summed E-state index contributed by atoms with van der Waals surface area (Å²) in [6, 6.07) is 4.74. The second-order valence-corrected chi connectivity index (χ2v) is 7.35. The van der Waals surface area contributed by atoms with Crippen molar-refractivity contribution in [2.75, 3.05) is 20.3 Å². The highest BCUT2D eigenvalue weighted by Crippen LogP contribution is 2.22. The summed E-state index contributed by atoms with van der Waals surface area (Å²) in [6.07, 6.45) is 0. The van der Waals surface area contributed by atoms with Crippen LogP contribution in [0.5, 0.6) is 0 Å². The standard InChI is InChI=1S/C14H22N2O3S2/c1-10(2)16(7-8-19-4)21(17,18)13-6-5-12(14(15)20)9-11(13)3/h5-6,9-10H,7-8H2,1-4H3,(H2,15,20). The predicted molar refractivity (Wildman–Crippen MR) is 88.0 cm³/mol. The number of benzene rings is 1. The van der Waals surface area contributed by atoms with Gasteiger partial charge in [-0.3, -0.25) is 0 Å². The van der Waals surface area contributed by atoms with Gasteiger partial charge in [-0.25, -0.2) is 8.42 Å². The maximum Gasteiger partial charge on any atom is 0.243 e. The normalized spacial score (nSPS) is 12.1. The lowest BCUT2D eigenvalue weighted by atomic mass is 10.1. The maximum absolute atomic E-state index is 12.8. The molecule has 0 saturated heterocycles. The average Bonchev–Trinajstić information content (AvgIpc) is 2.37. The Morgan fingerprint density at radius 1 is 1.43 bits per heavy atom. The molecule has 0 saturated carbocycles. The Bertz CT molecular complexity index is 613. The van der Waals surface area contributed by atoms with E-state index >= 15 is 0 Å². The van der Waals surface area contributed by atoms with Crippen molar-refractivity contribution in [3.8, 4) is 0 Å². The van der Waals surface area contributed by atoms with Crippen molar-refractivity contribution in [3.63, 3.8) is 0 Å². The molecule has 0 fully saturated rings. The van der Waals surface area contributed by atoms with Crippen LogP contribution in [0.15, 0.2) is 23.1 Å². The first-order valence-corrected chi connectivity index (χ1v) is 8.48. The number of nitrogens with two attached hydrogens (primary N) is 1. The molecule has 0 radical (unpaired) electrons. The second-order valence-electron chi connectivity index (χ2n) is 5.05. The zero-order valence-corrected chi connectivity index (χ0v) is 14.4. The number of methoxy groups -OCH3 is 1. The van der Waals surface area contributed by atoms with Gasteiger partial charge in [-0.15, -0.1) is 0 Å². The summed E-state index contributed by atoms with van der Waals surface area (Å²) >= 11 is 4.91. The van der Waals surface area contributed by atoms with Crippen LogP contribution in [-0.2, 0) is 14.8 Å². The first-order chi connectivity index (χ1) is 9.71. The van der Waals surface area contributed by atoms with Crippen molar-refractivity contribution in [2.45, 2.75) is 31.7 Å². The number of rotatable bonds is 7. The molecule has 0 aliphatic carbocycles. The number of hydrogen-bond acceptors (Lipinski definition) is 4. The van der Waals surface area contributed by atoms with E-state index in [9.17, 15) is 8.42 Å². The van der Waals surface area contributed by atoms with E-state index in [2.05, 4.69) is 0 Å². The van der Waals surface area contributed by atoms with Crippen LogP contribution in [0.2, 0.25) is 0 Å². The molecule has 0 bridgehead atoms. The summed E-state index contributed by atoms with van der Waals surface area (Å²) in [5, 5.41) is 0. The van der Waals surface area contributed by atoms with E-state index in [0.29, 0.717) is 24.3 Å². The molecule has 21 heavy (non-hydrogen) atoms. The van der Waals surface area contributed by atoms with Gasteiger partial charge in [0.2, 0.25) is 10.0 Å². The monoisotopic (exact) mass is 330 g/mol. The third-order valence-corrected chi connectivity index (χ3v) is 5.61. The number of aryl methyl sites for hydroxylation is 1. The van der Waals surface area contributed by atoms with E-state index < -0.39 is 10.0 Å². The zero-order chi connectivity index (χ0) is 16.2. The molecular formula is C14H22N2O3S2. The molecule has 1 aromatic rings. The van der Waals surface area contributed by atoms with E-state index in [1.165, 1.54) is 4.31 Å². The Morgan fingerprint density at radius 3 is 2.48 bits per heavy atom. The van der Waals surface area contributed by atoms with Crippen molar-refractivity contribution in [1.82, 2.24) is 4.31 Å². The van der Waals surface area contributed by atoms with Crippen LogP contribution in [-0.4, -0.2) is 44.0 Å². The Balaban J connectivity index is 3.25. The highest BCUT2D eigenvalue weighted by atomic mass is 32.2. The molecule has 0 unspecified atom stereocenters. The predicted octanol–water partition coefficient (Wildman–Crippen LogP) is 1.67. The fourth-order valence-corrected chi connectivity index (χ4v) is 4.01. The summed E-state index contributed by atoms with van der Waals surface area (Å²) in [6.45, 7) is 6.08. The summed E-state index contributed by atoms with van der Waals surface area (Å²) in [5.74, 6) is 0. The van der Waals surface area contributed by atoms with Crippen LogP contribution in [0.25, 0.3) is 0 Å². The molecule has 0 heterocycles. The van der Waals surface area contributed by atoms with E-state index in [1.54, 1.807) is 32.2 Å². The molecule has 2 N–H and O–H groups in total. The Kier molecular flexibility index (Phi) is 6.27. The number of thiocarbonyl (C=S) groups is 1. The molecular weight excluding hydrogens is 308 g/mol. The van der Waals surface area contributed by atoms with Gasteiger partial charge in [0.25, 0.3) is 0 Å². The minimum atomic E-state index is -3.58. The fraction of sp³-hybridized carbons (Fsp3) is 0.500. The van der Waals surface area contributed by atoms with Gasteiger partial charge in [0.1, 0.15) is 4.99 Å². The lowest BCUT2D eigenvalue weighted by Crippen LogP contribution is -2.39. The topological polar surface area (TPSA) is 72.6 Å². The largest absolute Gasteiger partial charge is 0.389 e. The van der Waals surface area contributed by atoms with E-state index in [0.717, 1.165) is 0 Å². The van der Waals surface area contributed by atoms with Gasteiger partial charge >= 0.3 is 0 Å². The van der Waals surface area contributed by atoms with Crippen molar-refractivity contribution in [1.29, 1.82) is 0 Å². The Labute approximate surface area is 132 Å². The van der Waals surface area contributed by atoms with Crippen molar-refractivity contribution >= 4 is 27.2 Å². The molecule has 0 aromatic heterocycles. The molecule has 0 aliphatic rings. The van der Waals surface area contributed by atoms with Crippen LogP contribution < -0.4 is 5.73 Å². The Hall–Kier alpha value is -1.02. The molecule has 5 nitrogen and oxygen atoms in total. The minimum absolute atomic E-state index is 0.153. The lowest BCUT2D eigenvalue weighted by molar-refractivity contribution is 0.171. The van der Waals surface area contributed by atoms with Crippen molar-refractivity contribution in [3.05, 3.63) is 29.3 Å². The number of nitrogens with zero attached hydrogens (tertiary/aromatic N) is 1.